The minimum atomic E-state index is -0.520. The minimum Gasteiger partial charge on any atom is -0.488 e. The molecule has 6 aromatic carbocycles. The summed E-state index contributed by atoms with van der Waals surface area (Å²) in [5.74, 6) is -0.694. The highest BCUT2D eigenvalue weighted by molar-refractivity contribution is 6.13. The van der Waals surface area contributed by atoms with Crippen molar-refractivity contribution in [3.63, 3.8) is 0 Å². The zero-order valence-corrected chi connectivity index (χ0v) is 36.1. The van der Waals surface area contributed by atoms with Gasteiger partial charge in [0.2, 0.25) is 0 Å². The number of hydrogen-bond acceptors (Lipinski definition) is 6. The molecule has 0 saturated carbocycles. The summed E-state index contributed by atoms with van der Waals surface area (Å²) in [6.45, 7) is 2.36. The third-order valence-electron chi connectivity index (χ3n) is 8.44. The van der Waals surface area contributed by atoms with Crippen LogP contribution in [0.5, 0.6) is 11.5 Å². The quantitative estimate of drug-likeness (QED) is 0.101. The molecule has 0 saturated heterocycles. The molecule has 14 N–H and O–H groups in total. The Hall–Kier alpha value is -6.30. The van der Waals surface area contributed by atoms with E-state index in [4.69, 9.17) is 32.4 Å². The number of aliphatic imine (C=N–C) groups is 2. The number of ether oxygens (including phenoxy) is 2. The summed E-state index contributed by atoms with van der Waals surface area (Å²) in [4.78, 5) is 36.9. The van der Waals surface area contributed by atoms with Gasteiger partial charge in [0.25, 0.3) is 11.8 Å². The first-order valence-corrected chi connectivity index (χ1v) is 17.9. The summed E-state index contributed by atoms with van der Waals surface area (Å²) in [5.41, 5.74) is 26.8. The van der Waals surface area contributed by atoms with Crippen molar-refractivity contribution in [1.29, 1.82) is 0 Å². The summed E-state index contributed by atoms with van der Waals surface area (Å²) < 4.78 is 12.0. The molecule has 15 nitrogen and oxygen atoms in total. The molecular formula is C44H56Cl2N8O7. The zero-order valence-electron chi connectivity index (χ0n) is 34.4. The minimum absolute atomic E-state index is 0. The van der Waals surface area contributed by atoms with Gasteiger partial charge < -0.3 is 58.6 Å². The van der Waals surface area contributed by atoms with Crippen LogP contribution in [0.25, 0.3) is 21.5 Å². The summed E-state index contributed by atoms with van der Waals surface area (Å²) in [6.07, 6.45) is 0. The highest BCUT2D eigenvalue weighted by atomic mass is 35.5. The van der Waals surface area contributed by atoms with Gasteiger partial charge >= 0.3 is 0 Å². The Bertz CT molecular complexity index is 2240. The predicted octanol–water partition coefficient (Wildman–Crippen LogP) is 4.16. The number of guanidine groups is 2. The molecule has 0 aliphatic rings. The molecule has 0 bridgehead atoms. The van der Waals surface area contributed by atoms with E-state index < -0.39 is 11.8 Å². The molecular weight excluding hydrogens is 823 g/mol. The largest absolute Gasteiger partial charge is 0.488 e. The smallest absolute Gasteiger partial charge is 0.284 e. The van der Waals surface area contributed by atoms with Crippen molar-refractivity contribution < 1.29 is 35.5 Å². The number of nitrogens with two attached hydrogens (primary N) is 4. The van der Waals surface area contributed by atoms with Crippen molar-refractivity contribution in [3.05, 3.63) is 155 Å². The number of hydrogen-bond donors (Lipinski definition) is 4. The maximum Gasteiger partial charge on any atom is 0.284 e. The topological polar surface area (TPSA) is 282 Å². The second-order valence-electron chi connectivity index (χ2n) is 13.7. The van der Waals surface area contributed by atoms with Crippen LogP contribution in [0.15, 0.2) is 131 Å². The van der Waals surface area contributed by atoms with Crippen LogP contribution >= 0.6 is 24.8 Å². The Morgan fingerprint density at radius 3 is 1.18 bits per heavy atom. The van der Waals surface area contributed by atoms with Gasteiger partial charge in [0.1, 0.15) is 24.7 Å². The van der Waals surface area contributed by atoms with Crippen molar-refractivity contribution in [2.75, 3.05) is 28.2 Å². The van der Waals surface area contributed by atoms with Gasteiger partial charge in [0.05, 0.1) is 11.1 Å². The van der Waals surface area contributed by atoms with Gasteiger partial charge in [0, 0.05) is 13.1 Å². The van der Waals surface area contributed by atoms with Crippen LogP contribution in [0.1, 0.15) is 43.0 Å². The van der Waals surface area contributed by atoms with E-state index in [0.717, 1.165) is 45.8 Å². The number of halogens is 2. The predicted molar refractivity (Wildman–Crippen MR) is 250 cm³/mol. The third-order valence-corrected chi connectivity index (χ3v) is 8.44. The van der Waals surface area contributed by atoms with E-state index in [1.165, 1.54) is 11.1 Å². The molecule has 2 amide bonds. The Morgan fingerprint density at radius 2 is 0.836 bits per heavy atom. The van der Waals surface area contributed by atoms with E-state index >= 15 is 0 Å². The molecule has 61 heavy (non-hydrogen) atoms. The van der Waals surface area contributed by atoms with Crippen LogP contribution < -0.4 is 32.4 Å². The fourth-order valence-electron chi connectivity index (χ4n) is 6.22. The number of carbonyl (C=O) groups excluding carboxylic acids is 2. The average Bonchev–Trinajstić information content (AvgIpc) is 3.15. The van der Waals surface area contributed by atoms with Crippen LogP contribution in [0.3, 0.4) is 0 Å². The summed E-state index contributed by atoms with van der Waals surface area (Å²) in [7, 11) is 8.11. The molecule has 0 heterocycles. The first-order valence-electron chi connectivity index (χ1n) is 17.9. The van der Waals surface area contributed by atoms with Crippen LogP contribution in [-0.4, -0.2) is 78.2 Å². The van der Waals surface area contributed by atoms with E-state index in [9.17, 15) is 9.59 Å². The number of fused-ring (bicyclic) bond motifs is 2. The van der Waals surface area contributed by atoms with Crippen molar-refractivity contribution >= 4 is 70.1 Å². The van der Waals surface area contributed by atoms with Crippen LogP contribution in [0.4, 0.5) is 0 Å². The Kier molecular flexibility index (Phi) is 23.3. The normalized spacial score (nSPS) is 9.93. The van der Waals surface area contributed by atoms with Crippen molar-refractivity contribution in [1.82, 2.24) is 9.80 Å². The maximum absolute atomic E-state index is 12.6. The van der Waals surface area contributed by atoms with Gasteiger partial charge in [-0.3, -0.25) is 9.59 Å². The van der Waals surface area contributed by atoms with E-state index in [0.29, 0.717) is 35.8 Å². The number of benzene rings is 6. The van der Waals surface area contributed by atoms with Crippen molar-refractivity contribution in [2.45, 2.75) is 26.3 Å². The zero-order chi connectivity index (χ0) is 40.2. The summed E-state index contributed by atoms with van der Waals surface area (Å²) >= 11 is 0. The maximum atomic E-state index is 12.6. The lowest BCUT2D eigenvalue weighted by Crippen LogP contribution is -2.24. The Balaban J connectivity index is 0.00000109. The molecule has 0 spiro atoms. The lowest BCUT2D eigenvalue weighted by atomic mass is 10.0. The first kappa shape index (κ1) is 54.7. The molecule has 17 heteroatoms. The molecule has 6 aromatic rings. The van der Waals surface area contributed by atoms with E-state index in [-0.39, 0.29) is 53.2 Å². The molecule has 0 radical (unpaired) electrons. The van der Waals surface area contributed by atoms with Gasteiger partial charge in [-0.05, 0) is 84.1 Å². The standard InChI is InChI=1S/2C22H24N4O2.2ClH.3H2O/c2*1-26(2)13-15-6-5-7-16(12-15)14-28-19-11-10-17-8-3-4-9-18(17)20(19)21(27)25-22(23)24;;;;;/h2*3-12H,13-14H2,1-2H3,(H4,23,24,25,27);2*1H;3*1H2. The molecule has 0 atom stereocenters. The van der Waals surface area contributed by atoms with E-state index in [1.54, 1.807) is 12.1 Å². The van der Waals surface area contributed by atoms with E-state index in [1.807, 2.05) is 113 Å². The molecule has 0 aromatic heterocycles. The molecule has 0 aliphatic heterocycles. The SMILES string of the molecule is CN(C)Cc1cccc(COc2ccc3ccccc3c2C(=O)N=C(N)N)c1.CN(C)Cc1cccc(COc2ccc3ccccc3c2C(=O)N=C(N)N)c1.Cl.Cl.O.O.O. The molecule has 328 valence electrons. The fourth-order valence-corrected chi connectivity index (χ4v) is 6.22. The number of rotatable bonds is 12. The van der Waals surface area contributed by atoms with Crippen molar-refractivity contribution in [3.8, 4) is 11.5 Å². The van der Waals surface area contributed by atoms with Gasteiger partial charge in [-0.15, -0.1) is 24.8 Å². The fraction of sp³-hybridized carbons (Fsp3) is 0.182. The monoisotopic (exact) mass is 878 g/mol. The molecule has 6 rings (SSSR count). The average molecular weight is 880 g/mol. The highest BCUT2D eigenvalue weighted by Gasteiger charge is 2.18. The first-order chi connectivity index (χ1) is 26.9. The Labute approximate surface area is 367 Å². The third kappa shape index (κ3) is 15.7. The lowest BCUT2D eigenvalue weighted by Gasteiger charge is -2.14. The highest BCUT2D eigenvalue weighted by Crippen LogP contribution is 2.31. The van der Waals surface area contributed by atoms with Gasteiger partial charge in [-0.1, -0.05) is 109 Å². The summed E-state index contributed by atoms with van der Waals surface area (Å²) in [6, 6.07) is 38.9. The second-order valence-corrected chi connectivity index (χ2v) is 13.7. The molecule has 0 aliphatic carbocycles. The number of nitrogens with zero attached hydrogens (tertiary/aromatic N) is 4. The van der Waals surface area contributed by atoms with Crippen LogP contribution in [0.2, 0.25) is 0 Å². The van der Waals surface area contributed by atoms with Crippen LogP contribution in [0, 0.1) is 0 Å². The summed E-state index contributed by atoms with van der Waals surface area (Å²) in [5, 5.41) is 3.32. The molecule has 0 fully saturated rings. The molecule has 0 unspecified atom stereocenters. The van der Waals surface area contributed by atoms with Gasteiger partial charge in [-0.25, -0.2) is 0 Å². The number of amides is 2. The van der Waals surface area contributed by atoms with Crippen molar-refractivity contribution in [2.24, 2.45) is 32.9 Å². The lowest BCUT2D eigenvalue weighted by molar-refractivity contribution is 0.0991. The second kappa shape index (κ2) is 26.0. The van der Waals surface area contributed by atoms with E-state index in [2.05, 4.69) is 44.1 Å². The van der Waals surface area contributed by atoms with Gasteiger partial charge in [0.15, 0.2) is 11.9 Å². The van der Waals surface area contributed by atoms with Crippen LogP contribution in [-0.2, 0) is 26.3 Å². The number of carbonyl (C=O) groups is 2. The van der Waals surface area contributed by atoms with Gasteiger partial charge in [-0.2, -0.15) is 9.98 Å². The Morgan fingerprint density at radius 1 is 0.492 bits per heavy atom.